The molecule has 0 N–H and O–H groups in total. The Morgan fingerprint density at radius 1 is 0.387 bits per heavy atom. The fourth-order valence-corrected chi connectivity index (χ4v) is 4.75. The van der Waals surface area contributed by atoms with E-state index in [1.54, 1.807) is 0 Å². The van der Waals surface area contributed by atoms with Crippen molar-refractivity contribution < 1.29 is 0 Å². The van der Waals surface area contributed by atoms with E-state index >= 15 is 0 Å². The summed E-state index contributed by atoms with van der Waals surface area (Å²) < 4.78 is 0. The van der Waals surface area contributed by atoms with Crippen molar-refractivity contribution in [2.24, 2.45) is 0 Å². The summed E-state index contributed by atoms with van der Waals surface area (Å²) in [4.78, 5) is 0. The summed E-state index contributed by atoms with van der Waals surface area (Å²) >= 11 is 6.15. The van der Waals surface area contributed by atoms with Gasteiger partial charge >= 0.3 is 0 Å². The van der Waals surface area contributed by atoms with E-state index in [4.69, 9.17) is 11.6 Å². The lowest BCUT2D eigenvalue weighted by Gasteiger charge is -2.13. The largest absolute Gasteiger partial charge is 0.0843 e. The standard InChI is InChI=1S/C30H19Cl/c31-24-15-12-21(13-16-24)30-19-23-18-22(14-17-27(23)28-9-3-4-10-29(28)30)26-11-5-7-20-6-1-2-8-25(20)26/h1-19H. The van der Waals surface area contributed by atoms with E-state index in [1.165, 1.54) is 54.6 Å². The lowest BCUT2D eigenvalue weighted by atomic mass is 9.91. The lowest BCUT2D eigenvalue weighted by Crippen LogP contribution is -1.86. The quantitative estimate of drug-likeness (QED) is 0.248. The van der Waals surface area contributed by atoms with E-state index in [0.717, 1.165) is 5.02 Å². The highest BCUT2D eigenvalue weighted by atomic mass is 35.5. The monoisotopic (exact) mass is 414 g/mol. The van der Waals surface area contributed by atoms with Crippen molar-refractivity contribution >= 4 is 43.9 Å². The van der Waals surface area contributed by atoms with Crippen LogP contribution in [0.2, 0.25) is 5.02 Å². The van der Waals surface area contributed by atoms with Crippen LogP contribution in [0.1, 0.15) is 0 Å². The van der Waals surface area contributed by atoms with Gasteiger partial charge in [-0.25, -0.2) is 0 Å². The molecular formula is C30H19Cl. The Hall–Kier alpha value is -3.61. The molecule has 0 heterocycles. The van der Waals surface area contributed by atoms with Gasteiger partial charge in [0.05, 0.1) is 0 Å². The number of fused-ring (bicyclic) bond motifs is 4. The summed E-state index contributed by atoms with van der Waals surface area (Å²) in [7, 11) is 0. The smallest absolute Gasteiger partial charge is 0.0406 e. The fourth-order valence-electron chi connectivity index (χ4n) is 4.63. The molecule has 6 aromatic carbocycles. The van der Waals surface area contributed by atoms with Gasteiger partial charge in [0, 0.05) is 5.02 Å². The van der Waals surface area contributed by atoms with E-state index in [-0.39, 0.29) is 0 Å². The molecule has 0 aromatic heterocycles. The third-order valence-corrected chi connectivity index (χ3v) is 6.37. The number of rotatable bonds is 2. The van der Waals surface area contributed by atoms with Gasteiger partial charge in [0.15, 0.2) is 0 Å². The molecule has 0 spiro atoms. The van der Waals surface area contributed by atoms with E-state index in [9.17, 15) is 0 Å². The molecule has 0 unspecified atom stereocenters. The molecule has 6 aromatic rings. The average Bonchev–Trinajstić information content (AvgIpc) is 2.83. The van der Waals surface area contributed by atoms with Crippen LogP contribution in [-0.4, -0.2) is 0 Å². The maximum absolute atomic E-state index is 6.15. The number of benzene rings is 6. The van der Waals surface area contributed by atoms with Crippen LogP contribution in [-0.2, 0) is 0 Å². The van der Waals surface area contributed by atoms with Gasteiger partial charge in [-0.3, -0.25) is 0 Å². The van der Waals surface area contributed by atoms with Crippen molar-refractivity contribution in [1.29, 1.82) is 0 Å². The van der Waals surface area contributed by atoms with Crippen molar-refractivity contribution in [3.05, 3.63) is 120 Å². The highest BCUT2D eigenvalue weighted by Gasteiger charge is 2.10. The third-order valence-electron chi connectivity index (χ3n) is 6.11. The minimum Gasteiger partial charge on any atom is -0.0843 e. The van der Waals surface area contributed by atoms with Crippen molar-refractivity contribution in [2.45, 2.75) is 0 Å². The maximum atomic E-state index is 6.15. The molecule has 0 nitrogen and oxygen atoms in total. The Morgan fingerprint density at radius 2 is 1.06 bits per heavy atom. The zero-order chi connectivity index (χ0) is 20.8. The first-order valence-electron chi connectivity index (χ1n) is 10.5. The molecule has 31 heavy (non-hydrogen) atoms. The lowest BCUT2D eigenvalue weighted by molar-refractivity contribution is 1.65. The molecule has 0 fully saturated rings. The first-order valence-corrected chi connectivity index (χ1v) is 10.9. The fraction of sp³-hybridized carbons (Fsp3) is 0. The molecular weight excluding hydrogens is 396 g/mol. The second-order valence-corrected chi connectivity index (χ2v) is 8.38. The van der Waals surface area contributed by atoms with Gasteiger partial charge in [-0.15, -0.1) is 0 Å². The second kappa shape index (κ2) is 7.27. The molecule has 146 valence electrons. The van der Waals surface area contributed by atoms with Crippen molar-refractivity contribution in [1.82, 2.24) is 0 Å². The van der Waals surface area contributed by atoms with Crippen molar-refractivity contribution in [3.8, 4) is 22.3 Å². The van der Waals surface area contributed by atoms with Crippen LogP contribution in [0.15, 0.2) is 115 Å². The van der Waals surface area contributed by atoms with Gasteiger partial charge < -0.3 is 0 Å². The van der Waals surface area contributed by atoms with E-state index < -0.39 is 0 Å². The topological polar surface area (TPSA) is 0 Å². The van der Waals surface area contributed by atoms with Crippen LogP contribution >= 0.6 is 11.6 Å². The Morgan fingerprint density at radius 3 is 1.90 bits per heavy atom. The molecule has 0 aliphatic carbocycles. The first kappa shape index (κ1) is 18.2. The van der Waals surface area contributed by atoms with Crippen LogP contribution in [0.3, 0.4) is 0 Å². The highest BCUT2D eigenvalue weighted by molar-refractivity contribution is 6.30. The average molecular weight is 415 g/mol. The zero-order valence-corrected chi connectivity index (χ0v) is 17.6. The SMILES string of the molecule is Clc1ccc(-c2cc3cc(-c4cccc5ccccc45)ccc3c3ccccc23)cc1. The van der Waals surface area contributed by atoms with Crippen LogP contribution in [0.5, 0.6) is 0 Å². The van der Waals surface area contributed by atoms with E-state index in [1.807, 2.05) is 12.1 Å². The molecule has 0 atom stereocenters. The van der Waals surface area contributed by atoms with Gasteiger partial charge in [0.25, 0.3) is 0 Å². The van der Waals surface area contributed by atoms with Gasteiger partial charge in [0.1, 0.15) is 0 Å². The zero-order valence-electron chi connectivity index (χ0n) is 16.8. The Balaban J connectivity index is 1.64. The molecule has 1 heteroatoms. The van der Waals surface area contributed by atoms with Gasteiger partial charge in [-0.1, -0.05) is 103 Å². The summed E-state index contributed by atoms with van der Waals surface area (Å²) in [6.45, 7) is 0. The summed E-state index contributed by atoms with van der Waals surface area (Å²) in [5.41, 5.74) is 4.91. The summed E-state index contributed by atoms with van der Waals surface area (Å²) in [5.74, 6) is 0. The van der Waals surface area contributed by atoms with Crippen molar-refractivity contribution in [2.75, 3.05) is 0 Å². The Kier molecular flexibility index (Phi) is 4.26. The van der Waals surface area contributed by atoms with Gasteiger partial charge in [-0.05, 0) is 78.8 Å². The van der Waals surface area contributed by atoms with Crippen molar-refractivity contribution in [3.63, 3.8) is 0 Å². The third kappa shape index (κ3) is 3.08. The Labute approximate surface area is 186 Å². The predicted octanol–water partition coefficient (Wildman–Crippen LogP) is 9.13. The second-order valence-electron chi connectivity index (χ2n) is 7.94. The normalized spacial score (nSPS) is 11.4. The highest BCUT2D eigenvalue weighted by Crippen LogP contribution is 2.38. The molecule has 0 saturated heterocycles. The van der Waals surface area contributed by atoms with Gasteiger partial charge in [-0.2, -0.15) is 0 Å². The van der Waals surface area contributed by atoms with Crippen LogP contribution in [0.4, 0.5) is 0 Å². The molecule has 0 aliphatic rings. The maximum Gasteiger partial charge on any atom is 0.0406 e. The molecule has 0 radical (unpaired) electrons. The van der Waals surface area contributed by atoms with Crippen LogP contribution in [0.25, 0.3) is 54.6 Å². The minimum absolute atomic E-state index is 0.757. The molecule has 0 amide bonds. The summed E-state index contributed by atoms with van der Waals surface area (Å²) in [6.07, 6.45) is 0. The number of hydrogen-bond acceptors (Lipinski definition) is 0. The molecule has 6 rings (SSSR count). The summed E-state index contributed by atoms with van der Waals surface area (Å²) in [5, 5.41) is 8.35. The van der Waals surface area contributed by atoms with E-state index in [0.29, 0.717) is 0 Å². The molecule has 0 aliphatic heterocycles. The van der Waals surface area contributed by atoms with E-state index in [2.05, 4.69) is 103 Å². The number of hydrogen-bond donors (Lipinski definition) is 0. The minimum atomic E-state index is 0.757. The van der Waals surface area contributed by atoms with Crippen LogP contribution < -0.4 is 0 Å². The Bertz CT molecular complexity index is 1570. The number of halogens is 1. The van der Waals surface area contributed by atoms with Crippen LogP contribution in [0, 0.1) is 0 Å². The first-order chi connectivity index (χ1) is 15.3. The summed E-state index contributed by atoms with van der Waals surface area (Å²) in [6, 6.07) is 41.0. The molecule has 0 bridgehead atoms. The predicted molar refractivity (Wildman–Crippen MR) is 135 cm³/mol. The van der Waals surface area contributed by atoms with Gasteiger partial charge in [0.2, 0.25) is 0 Å². The molecule has 0 saturated carbocycles.